The van der Waals surface area contributed by atoms with Gasteiger partial charge in [0.15, 0.2) is 0 Å². The van der Waals surface area contributed by atoms with Crippen molar-refractivity contribution in [2.45, 2.75) is 25.5 Å². The summed E-state index contributed by atoms with van der Waals surface area (Å²) < 4.78 is 7.14. The molecule has 6 heteroatoms. The summed E-state index contributed by atoms with van der Waals surface area (Å²) >= 11 is 0. The Hall–Kier alpha value is -0.360. The van der Waals surface area contributed by atoms with Crippen molar-refractivity contribution < 1.29 is 44.2 Å². The van der Waals surface area contributed by atoms with E-state index in [0.717, 1.165) is 19.4 Å². The van der Waals surface area contributed by atoms with Gasteiger partial charge in [0.25, 0.3) is 0 Å². The third-order valence-corrected chi connectivity index (χ3v) is 2.28. The van der Waals surface area contributed by atoms with E-state index in [1.807, 2.05) is 0 Å². The van der Waals surface area contributed by atoms with Gasteiger partial charge in [0, 0.05) is 19.3 Å². The molecule has 0 spiro atoms. The van der Waals surface area contributed by atoms with Crippen LogP contribution in [0.25, 0.3) is 0 Å². The molecule has 5 nitrogen and oxygen atoms in total. The van der Waals surface area contributed by atoms with Crippen LogP contribution in [0, 0.1) is 0 Å². The van der Waals surface area contributed by atoms with Crippen molar-refractivity contribution in [3.8, 4) is 0 Å². The van der Waals surface area contributed by atoms with Crippen LogP contribution in [-0.4, -0.2) is 28.2 Å². The first-order valence-electron chi connectivity index (χ1n) is 4.60. The summed E-state index contributed by atoms with van der Waals surface area (Å²) in [6.07, 6.45) is 5.26. The van der Waals surface area contributed by atoms with E-state index >= 15 is 0 Å². The van der Waals surface area contributed by atoms with Crippen LogP contribution in [0.4, 0.5) is 0 Å². The van der Waals surface area contributed by atoms with Gasteiger partial charge in [0.1, 0.15) is 5.69 Å². The summed E-state index contributed by atoms with van der Waals surface area (Å²) in [5, 5.41) is 10.4. The molecule has 0 N–H and O–H groups in total. The average Bonchev–Trinajstić information content (AvgIpc) is 2.75. The predicted molar refractivity (Wildman–Crippen MR) is 45.5 cm³/mol. The fourth-order valence-electron chi connectivity index (χ4n) is 1.59. The molecule has 1 saturated heterocycles. The van der Waals surface area contributed by atoms with Crippen molar-refractivity contribution >= 4 is 5.97 Å². The molecule has 0 amide bonds. The Balaban J connectivity index is 0.00000112. The second kappa shape index (κ2) is 5.65. The van der Waals surface area contributed by atoms with Gasteiger partial charge in [-0.05, 0) is 12.8 Å². The molecule has 1 aliphatic heterocycles. The minimum absolute atomic E-state index is 0. The summed E-state index contributed by atoms with van der Waals surface area (Å²) in [4.78, 5) is 14.1. The maximum absolute atomic E-state index is 10.4. The van der Waals surface area contributed by atoms with E-state index in [2.05, 4.69) is 4.98 Å². The molecule has 1 unspecified atom stereocenters. The van der Waals surface area contributed by atoms with E-state index in [-0.39, 0.29) is 41.4 Å². The number of carboxylic acid groups (broad SMARTS) is 1. The Labute approximate surface area is 110 Å². The van der Waals surface area contributed by atoms with Crippen LogP contribution < -0.4 is 34.7 Å². The van der Waals surface area contributed by atoms with Crippen molar-refractivity contribution in [2.24, 2.45) is 0 Å². The van der Waals surface area contributed by atoms with E-state index in [9.17, 15) is 9.90 Å². The number of ether oxygens (including phenoxy) is 1. The number of aromatic nitrogens is 2. The number of carbonyl (C=O) groups is 1. The van der Waals surface area contributed by atoms with Crippen LogP contribution in [0.5, 0.6) is 0 Å². The zero-order chi connectivity index (χ0) is 9.97. The number of imidazole rings is 1. The Morgan fingerprint density at radius 2 is 2.53 bits per heavy atom. The Morgan fingerprint density at radius 1 is 1.73 bits per heavy atom. The molecular formula is C9H11N2NaO3. The van der Waals surface area contributed by atoms with Gasteiger partial charge in [-0.25, -0.2) is 4.98 Å². The van der Waals surface area contributed by atoms with Gasteiger partial charge in [0.2, 0.25) is 0 Å². The normalized spacial score (nSPS) is 19.9. The summed E-state index contributed by atoms with van der Waals surface area (Å²) in [7, 11) is 0. The standard InChI is InChI=1S/C9H12N2O3.Na/c12-9(13)8-5-11(6-10-8)4-7-2-1-3-14-7;/h5-7H,1-4H2,(H,12,13);/q;+1/p-1. The molecule has 76 valence electrons. The minimum atomic E-state index is -1.24. The van der Waals surface area contributed by atoms with Crippen molar-refractivity contribution in [1.29, 1.82) is 0 Å². The van der Waals surface area contributed by atoms with Gasteiger partial charge in [-0.15, -0.1) is 0 Å². The first kappa shape index (κ1) is 12.7. The van der Waals surface area contributed by atoms with Gasteiger partial charge in [-0.2, -0.15) is 0 Å². The third-order valence-electron chi connectivity index (χ3n) is 2.28. The molecule has 1 aromatic heterocycles. The summed E-state index contributed by atoms with van der Waals surface area (Å²) in [5.41, 5.74) is -0.0250. The van der Waals surface area contributed by atoms with Crippen molar-refractivity contribution in [1.82, 2.24) is 9.55 Å². The monoisotopic (exact) mass is 218 g/mol. The first-order valence-corrected chi connectivity index (χ1v) is 4.60. The molecule has 1 fully saturated rings. The van der Waals surface area contributed by atoms with Crippen LogP contribution >= 0.6 is 0 Å². The molecule has 0 radical (unpaired) electrons. The van der Waals surface area contributed by atoms with E-state index in [1.165, 1.54) is 12.5 Å². The molecule has 0 saturated carbocycles. The van der Waals surface area contributed by atoms with Crippen molar-refractivity contribution in [2.75, 3.05) is 6.61 Å². The summed E-state index contributed by atoms with van der Waals surface area (Å²) in [5.74, 6) is -1.24. The van der Waals surface area contributed by atoms with E-state index in [0.29, 0.717) is 6.54 Å². The van der Waals surface area contributed by atoms with E-state index in [4.69, 9.17) is 4.74 Å². The van der Waals surface area contributed by atoms with Gasteiger partial charge in [-0.1, -0.05) is 0 Å². The topological polar surface area (TPSA) is 67.2 Å². The van der Waals surface area contributed by atoms with Gasteiger partial charge >= 0.3 is 29.6 Å². The zero-order valence-electron chi connectivity index (χ0n) is 8.68. The molecule has 1 aliphatic rings. The van der Waals surface area contributed by atoms with Crippen LogP contribution in [0.3, 0.4) is 0 Å². The Bertz CT molecular complexity index is 334. The average molecular weight is 218 g/mol. The Morgan fingerprint density at radius 3 is 3.07 bits per heavy atom. The molecular weight excluding hydrogens is 207 g/mol. The van der Waals surface area contributed by atoms with Gasteiger partial charge < -0.3 is 19.2 Å². The second-order valence-corrected chi connectivity index (χ2v) is 3.38. The maximum Gasteiger partial charge on any atom is 1.00 e. The van der Waals surface area contributed by atoms with Gasteiger partial charge in [0.05, 0.1) is 18.4 Å². The number of carboxylic acids is 1. The Kier molecular flexibility index (Phi) is 4.79. The van der Waals surface area contributed by atoms with Crippen LogP contribution in [0.2, 0.25) is 0 Å². The van der Waals surface area contributed by atoms with E-state index in [1.54, 1.807) is 4.57 Å². The zero-order valence-corrected chi connectivity index (χ0v) is 10.7. The summed E-state index contributed by atoms with van der Waals surface area (Å²) in [6.45, 7) is 1.47. The fourth-order valence-corrected chi connectivity index (χ4v) is 1.59. The largest absolute Gasteiger partial charge is 1.00 e. The number of hydrogen-bond acceptors (Lipinski definition) is 4. The maximum atomic E-state index is 10.4. The predicted octanol–water partition coefficient (Wildman–Crippen LogP) is -3.57. The fraction of sp³-hybridized carbons (Fsp3) is 0.556. The van der Waals surface area contributed by atoms with Crippen LogP contribution in [0.1, 0.15) is 23.3 Å². The van der Waals surface area contributed by atoms with Crippen molar-refractivity contribution in [3.05, 3.63) is 18.2 Å². The number of hydrogen-bond donors (Lipinski definition) is 0. The van der Waals surface area contributed by atoms with Crippen molar-refractivity contribution in [3.63, 3.8) is 0 Å². The minimum Gasteiger partial charge on any atom is -0.543 e. The quantitative estimate of drug-likeness (QED) is 0.492. The SMILES string of the molecule is O=C([O-])c1cn(CC2CCCO2)cn1.[Na+]. The molecule has 0 bridgehead atoms. The number of nitrogens with zero attached hydrogens (tertiary/aromatic N) is 2. The second-order valence-electron chi connectivity index (χ2n) is 3.38. The molecule has 15 heavy (non-hydrogen) atoms. The molecule has 1 aromatic rings. The van der Waals surface area contributed by atoms with Crippen LogP contribution in [-0.2, 0) is 11.3 Å². The molecule has 1 atom stereocenters. The molecule has 2 heterocycles. The number of aromatic carboxylic acids is 1. The number of carbonyl (C=O) groups excluding carboxylic acids is 1. The number of rotatable bonds is 3. The van der Waals surface area contributed by atoms with Crippen LogP contribution in [0.15, 0.2) is 12.5 Å². The van der Waals surface area contributed by atoms with E-state index < -0.39 is 5.97 Å². The molecule has 2 rings (SSSR count). The van der Waals surface area contributed by atoms with Gasteiger partial charge in [-0.3, -0.25) is 0 Å². The first-order chi connectivity index (χ1) is 6.75. The molecule has 0 aromatic carbocycles. The smallest absolute Gasteiger partial charge is 0.543 e. The summed E-state index contributed by atoms with van der Waals surface area (Å²) in [6, 6.07) is 0. The third kappa shape index (κ3) is 3.31. The molecule has 0 aliphatic carbocycles.